The largest absolute Gasteiger partial charge is 0.341 e. The number of hydrogen-bond acceptors (Lipinski definition) is 2. The molecule has 1 amide bonds. The molecule has 1 heterocycles. The van der Waals surface area contributed by atoms with Crippen molar-refractivity contribution >= 4 is 29.3 Å². The van der Waals surface area contributed by atoms with Crippen LogP contribution in [0.25, 0.3) is 0 Å². The number of nitrogens with zero attached hydrogens (tertiary/aromatic N) is 1. The summed E-state index contributed by atoms with van der Waals surface area (Å²) in [4.78, 5) is 15.4. The third-order valence-corrected chi connectivity index (χ3v) is 7.75. The standard InChI is InChI=1S/C23H26ClNOS/c1-23(2,27-15-18-8-4-6-10-21(18)24)22(26)25-13-17-12-11-16-7-3-5-9-19(16)20(17)14-25/h3-10,17,20H,11-15H2,1-2H3. The molecule has 0 radical (unpaired) electrons. The fourth-order valence-electron chi connectivity index (χ4n) is 4.46. The minimum absolute atomic E-state index is 0.256. The van der Waals surface area contributed by atoms with Gasteiger partial charge >= 0.3 is 0 Å². The van der Waals surface area contributed by atoms with Crippen molar-refractivity contribution in [2.24, 2.45) is 5.92 Å². The van der Waals surface area contributed by atoms with Crippen LogP contribution in [0.5, 0.6) is 0 Å². The van der Waals surface area contributed by atoms with Crippen molar-refractivity contribution in [3.63, 3.8) is 0 Å². The summed E-state index contributed by atoms with van der Waals surface area (Å²) in [5.41, 5.74) is 4.03. The number of carbonyl (C=O) groups excluding carboxylic acids is 1. The summed E-state index contributed by atoms with van der Waals surface area (Å²) in [6.45, 7) is 5.85. The molecule has 0 aromatic heterocycles. The van der Waals surface area contributed by atoms with E-state index >= 15 is 0 Å². The number of halogens is 1. The molecule has 1 fully saturated rings. The van der Waals surface area contributed by atoms with Crippen LogP contribution in [-0.2, 0) is 17.0 Å². The van der Waals surface area contributed by atoms with Gasteiger partial charge in [-0.2, -0.15) is 0 Å². The van der Waals surface area contributed by atoms with E-state index in [0.717, 1.165) is 35.8 Å². The van der Waals surface area contributed by atoms with Gasteiger partial charge in [-0.1, -0.05) is 54.1 Å². The van der Waals surface area contributed by atoms with E-state index in [9.17, 15) is 4.79 Å². The minimum atomic E-state index is -0.452. The third-order valence-electron chi connectivity index (χ3n) is 6.03. The lowest BCUT2D eigenvalue weighted by atomic mass is 9.77. The zero-order chi connectivity index (χ0) is 19.0. The Morgan fingerprint density at radius 2 is 1.89 bits per heavy atom. The van der Waals surface area contributed by atoms with E-state index < -0.39 is 4.75 Å². The number of carbonyl (C=O) groups is 1. The molecular weight excluding hydrogens is 374 g/mol. The van der Waals surface area contributed by atoms with Crippen molar-refractivity contribution < 1.29 is 4.79 Å². The number of fused-ring (bicyclic) bond motifs is 3. The molecule has 2 atom stereocenters. The average Bonchev–Trinajstić information content (AvgIpc) is 3.11. The Morgan fingerprint density at radius 1 is 1.15 bits per heavy atom. The normalized spacial score (nSPS) is 21.7. The number of aryl methyl sites for hydroxylation is 1. The summed E-state index contributed by atoms with van der Waals surface area (Å²) >= 11 is 7.97. The Bertz CT molecular complexity index is 850. The monoisotopic (exact) mass is 399 g/mol. The van der Waals surface area contributed by atoms with E-state index in [-0.39, 0.29) is 5.91 Å². The molecule has 2 nitrogen and oxygen atoms in total. The lowest BCUT2D eigenvalue weighted by Crippen LogP contribution is -2.42. The maximum absolute atomic E-state index is 13.3. The van der Waals surface area contributed by atoms with Gasteiger partial charge in [0, 0.05) is 29.8 Å². The van der Waals surface area contributed by atoms with E-state index in [2.05, 4.69) is 29.2 Å². The highest BCUT2D eigenvalue weighted by molar-refractivity contribution is 8.00. The summed E-state index contributed by atoms with van der Waals surface area (Å²) in [6, 6.07) is 16.7. The molecule has 2 aromatic rings. The Hall–Kier alpha value is -1.45. The summed E-state index contributed by atoms with van der Waals surface area (Å²) in [5.74, 6) is 2.12. The number of amides is 1. The Kier molecular flexibility index (Phi) is 5.26. The van der Waals surface area contributed by atoms with E-state index in [0.29, 0.717) is 11.8 Å². The summed E-state index contributed by atoms with van der Waals surface area (Å²) in [6.07, 6.45) is 2.34. The van der Waals surface area contributed by atoms with Gasteiger partial charge in [-0.05, 0) is 55.4 Å². The van der Waals surface area contributed by atoms with Crippen LogP contribution < -0.4 is 0 Å². The van der Waals surface area contributed by atoms with E-state index in [1.807, 2.05) is 38.1 Å². The average molecular weight is 400 g/mol. The first-order chi connectivity index (χ1) is 13.0. The minimum Gasteiger partial charge on any atom is -0.341 e. The molecule has 2 aromatic carbocycles. The zero-order valence-corrected chi connectivity index (χ0v) is 17.5. The fraction of sp³-hybridized carbons (Fsp3) is 0.435. The van der Waals surface area contributed by atoms with Crippen LogP contribution >= 0.6 is 23.4 Å². The number of hydrogen-bond donors (Lipinski definition) is 0. The first kappa shape index (κ1) is 18.9. The van der Waals surface area contributed by atoms with Crippen LogP contribution in [0.2, 0.25) is 5.02 Å². The molecular formula is C23H26ClNOS. The molecule has 2 unspecified atom stereocenters. The summed E-state index contributed by atoms with van der Waals surface area (Å²) in [7, 11) is 0. The number of thioether (sulfide) groups is 1. The first-order valence-electron chi connectivity index (χ1n) is 9.70. The molecule has 0 bridgehead atoms. The first-order valence-corrected chi connectivity index (χ1v) is 11.1. The van der Waals surface area contributed by atoms with Gasteiger partial charge < -0.3 is 4.90 Å². The third kappa shape index (κ3) is 3.77. The summed E-state index contributed by atoms with van der Waals surface area (Å²) in [5, 5.41) is 0.775. The highest BCUT2D eigenvalue weighted by Crippen LogP contribution is 2.43. The molecule has 27 heavy (non-hydrogen) atoms. The highest BCUT2D eigenvalue weighted by atomic mass is 35.5. The van der Waals surface area contributed by atoms with Crippen LogP contribution in [0.3, 0.4) is 0 Å². The van der Waals surface area contributed by atoms with Crippen LogP contribution in [0, 0.1) is 5.92 Å². The quantitative estimate of drug-likeness (QED) is 0.672. The van der Waals surface area contributed by atoms with Crippen molar-refractivity contribution in [1.82, 2.24) is 4.90 Å². The molecule has 0 spiro atoms. The van der Waals surface area contributed by atoms with Gasteiger partial charge in [0.25, 0.3) is 0 Å². The van der Waals surface area contributed by atoms with Crippen LogP contribution in [0.4, 0.5) is 0 Å². The van der Waals surface area contributed by atoms with Crippen molar-refractivity contribution in [3.8, 4) is 0 Å². The van der Waals surface area contributed by atoms with Crippen molar-refractivity contribution in [3.05, 3.63) is 70.2 Å². The number of likely N-dealkylation sites (tertiary alicyclic amines) is 1. The molecule has 1 aliphatic carbocycles. The van der Waals surface area contributed by atoms with Gasteiger partial charge in [-0.3, -0.25) is 4.79 Å². The second-order valence-corrected chi connectivity index (χ2v) is 10.2. The predicted molar refractivity (Wildman–Crippen MR) is 114 cm³/mol. The molecule has 142 valence electrons. The van der Waals surface area contributed by atoms with Crippen LogP contribution in [0.1, 0.15) is 42.9 Å². The number of benzene rings is 2. The van der Waals surface area contributed by atoms with E-state index in [1.54, 1.807) is 11.8 Å². The molecule has 0 saturated carbocycles. The molecule has 0 N–H and O–H groups in total. The Balaban J connectivity index is 1.44. The lowest BCUT2D eigenvalue weighted by Gasteiger charge is -2.29. The maximum atomic E-state index is 13.3. The van der Waals surface area contributed by atoms with E-state index in [4.69, 9.17) is 11.6 Å². The fourth-order valence-corrected chi connectivity index (χ4v) is 5.76. The second kappa shape index (κ2) is 7.52. The van der Waals surface area contributed by atoms with Gasteiger partial charge in [-0.15, -0.1) is 11.8 Å². The van der Waals surface area contributed by atoms with Crippen molar-refractivity contribution in [2.75, 3.05) is 13.1 Å². The van der Waals surface area contributed by atoms with Gasteiger partial charge in [0.2, 0.25) is 5.91 Å². The smallest absolute Gasteiger partial charge is 0.238 e. The molecule has 1 saturated heterocycles. The topological polar surface area (TPSA) is 20.3 Å². The van der Waals surface area contributed by atoms with Gasteiger partial charge in [0.1, 0.15) is 0 Å². The van der Waals surface area contributed by atoms with Crippen molar-refractivity contribution in [1.29, 1.82) is 0 Å². The predicted octanol–water partition coefficient (Wildman–Crippen LogP) is 5.54. The van der Waals surface area contributed by atoms with E-state index in [1.165, 1.54) is 17.5 Å². The summed E-state index contributed by atoms with van der Waals surface area (Å²) < 4.78 is -0.452. The van der Waals surface area contributed by atoms with Gasteiger partial charge in [-0.25, -0.2) is 0 Å². The molecule has 4 rings (SSSR count). The van der Waals surface area contributed by atoms with Gasteiger partial charge in [0.15, 0.2) is 0 Å². The van der Waals surface area contributed by atoms with Crippen LogP contribution in [0.15, 0.2) is 48.5 Å². The highest BCUT2D eigenvalue weighted by Gasteiger charge is 2.42. The lowest BCUT2D eigenvalue weighted by molar-refractivity contribution is -0.132. The maximum Gasteiger partial charge on any atom is 0.238 e. The Morgan fingerprint density at radius 3 is 2.70 bits per heavy atom. The SMILES string of the molecule is CC(C)(SCc1ccccc1Cl)C(=O)N1CC2CCc3ccccc3C2C1. The zero-order valence-electron chi connectivity index (χ0n) is 16.0. The Labute approximate surface area is 171 Å². The molecule has 1 aliphatic heterocycles. The second-order valence-electron chi connectivity index (χ2n) is 8.20. The van der Waals surface area contributed by atoms with Crippen LogP contribution in [-0.4, -0.2) is 28.6 Å². The van der Waals surface area contributed by atoms with Gasteiger partial charge in [0.05, 0.1) is 4.75 Å². The van der Waals surface area contributed by atoms with Crippen molar-refractivity contribution in [2.45, 2.75) is 43.1 Å². The molecule has 2 aliphatic rings. The molecule has 4 heteroatoms. The number of rotatable bonds is 4.